The highest BCUT2D eigenvalue weighted by molar-refractivity contribution is 7.13. The molecule has 150 valence electrons. The third-order valence-electron chi connectivity index (χ3n) is 5.47. The first-order chi connectivity index (χ1) is 14.8. The number of thiophene rings is 1. The van der Waals surface area contributed by atoms with Crippen LogP contribution in [0.1, 0.15) is 12.8 Å². The van der Waals surface area contributed by atoms with Crippen molar-refractivity contribution >= 4 is 39.7 Å². The molecule has 0 saturated carbocycles. The number of amides is 1. The van der Waals surface area contributed by atoms with E-state index >= 15 is 0 Å². The van der Waals surface area contributed by atoms with Gasteiger partial charge in [-0.3, -0.25) is 9.78 Å². The Hall–Kier alpha value is -3.32. The van der Waals surface area contributed by atoms with Gasteiger partial charge in [-0.25, -0.2) is 0 Å². The minimum atomic E-state index is -0.00827. The molecule has 0 radical (unpaired) electrons. The number of hydrogen-bond donors (Lipinski definition) is 1. The highest BCUT2D eigenvalue weighted by Gasteiger charge is 2.26. The molecule has 4 heterocycles. The van der Waals surface area contributed by atoms with E-state index < -0.39 is 0 Å². The standard InChI is InChI=1S/C23H21N5OS/c29-23(25-18-14-17-4-1-2-5-19(17)24-15-18)16-9-11-28(12-10-16)22-8-7-20(26-27-22)21-6-3-13-30-21/h1-8,13-16H,9-12H2,(H,25,29). The van der Waals surface area contributed by atoms with Gasteiger partial charge in [0.15, 0.2) is 5.82 Å². The van der Waals surface area contributed by atoms with Crippen molar-refractivity contribution in [1.29, 1.82) is 0 Å². The fourth-order valence-electron chi connectivity index (χ4n) is 3.80. The second kappa shape index (κ2) is 8.20. The average molecular weight is 416 g/mol. The minimum Gasteiger partial charge on any atom is -0.355 e. The molecule has 1 N–H and O–H groups in total. The van der Waals surface area contributed by atoms with E-state index in [1.54, 1.807) is 17.5 Å². The number of carbonyl (C=O) groups is 1. The molecule has 4 aromatic rings. The van der Waals surface area contributed by atoms with E-state index in [0.29, 0.717) is 0 Å². The fraction of sp³-hybridized carbons (Fsp3) is 0.217. The SMILES string of the molecule is O=C(Nc1cnc2ccccc2c1)C1CCN(c2ccc(-c3cccs3)nn2)CC1. The lowest BCUT2D eigenvalue weighted by Gasteiger charge is -2.31. The number of benzene rings is 1. The predicted molar refractivity (Wildman–Crippen MR) is 121 cm³/mol. The van der Waals surface area contributed by atoms with Crippen LogP contribution in [0.3, 0.4) is 0 Å². The van der Waals surface area contributed by atoms with Crippen molar-refractivity contribution in [2.45, 2.75) is 12.8 Å². The summed E-state index contributed by atoms with van der Waals surface area (Å²) in [6.45, 7) is 1.59. The van der Waals surface area contributed by atoms with Crippen LogP contribution in [0, 0.1) is 5.92 Å². The van der Waals surface area contributed by atoms with Gasteiger partial charge in [0.2, 0.25) is 5.91 Å². The molecule has 1 fully saturated rings. The van der Waals surface area contributed by atoms with Crippen LogP contribution in [-0.4, -0.2) is 34.2 Å². The Morgan fingerprint density at radius 3 is 2.67 bits per heavy atom. The molecule has 7 heteroatoms. The molecule has 1 aliphatic heterocycles. The molecule has 30 heavy (non-hydrogen) atoms. The normalized spacial score (nSPS) is 14.7. The molecule has 1 saturated heterocycles. The highest BCUT2D eigenvalue weighted by atomic mass is 32.1. The van der Waals surface area contributed by atoms with Gasteiger partial charge in [0.05, 0.1) is 22.3 Å². The average Bonchev–Trinajstić information content (AvgIpc) is 3.34. The third-order valence-corrected chi connectivity index (χ3v) is 6.36. The van der Waals surface area contributed by atoms with Gasteiger partial charge in [0.25, 0.3) is 0 Å². The van der Waals surface area contributed by atoms with E-state index in [1.807, 2.05) is 60.0 Å². The van der Waals surface area contributed by atoms with Crippen molar-refractivity contribution in [3.8, 4) is 10.6 Å². The highest BCUT2D eigenvalue weighted by Crippen LogP contribution is 2.26. The maximum absolute atomic E-state index is 12.7. The van der Waals surface area contributed by atoms with Crippen molar-refractivity contribution < 1.29 is 4.79 Å². The van der Waals surface area contributed by atoms with Crippen LogP contribution >= 0.6 is 11.3 Å². The van der Waals surface area contributed by atoms with Gasteiger partial charge >= 0.3 is 0 Å². The maximum atomic E-state index is 12.7. The summed E-state index contributed by atoms with van der Waals surface area (Å²) in [5.41, 5.74) is 2.57. The smallest absolute Gasteiger partial charge is 0.227 e. The van der Waals surface area contributed by atoms with E-state index in [0.717, 1.165) is 58.9 Å². The van der Waals surface area contributed by atoms with E-state index in [4.69, 9.17) is 0 Å². The molecule has 1 aromatic carbocycles. The van der Waals surface area contributed by atoms with Gasteiger partial charge in [-0.05, 0) is 48.6 Å². The molecule has 5 rings (SSSR count). The van der Waals surface area contributed by atoms with Crippen molar-refractivity contribution in [3.63, 3.8) is 0 Å². The van der Waals surface area contributed by atoms with Gasteiger partial charge in [-0.1, -0.05) is 24.3 Å². The summed E-state index contributed by atoms with van der Waals surface area (Å²) >= 11 is 1.66. The lowest BCUT2D eigenvalue weighted by Crippen LogP contribution is -2.38. The zero-order valence-corrected chi connectivity index (χ0v) is 17.2. The summed E-state index contributed by atoms with van der Waals surface area (Å²) in [5.74, 6) is 0.921. The summed E-state index contributed by atoms with van der Waals surface area (Å²) in [7, 11) is 0. The van der Waals surface area contributed by atoms with Crippen LogP contribution in [0.15, 0.2) is 66.2 Å². The second-order valence-electron chi connectivity index (χ2n) is 7.42. The molecule has 0 aliphatic carbocycles. The topological polar surface area (TPSA) is 71.0 Å². The van der Waals surface area contributed by atoms with Crippen molar-refractivity contribution in [3.05, 3.63) is 66.2 Å². The van der Waals surface area contributed by atoms with Gasteiger partial charge in [0, 0.05) is 24.4 Å². The maximum Gasteiger partial charge on any atom is 0.227 e. The van der Waals surface area contributed by atoms with E-state index in [2.05, 4.69) is 25.4 Å². The first kappa shape index (κ1) is 18.7. The molecule has 0 unspecified atom stereocenters. The Balaban J connectivity index is 1.19. The predicted octanol–water partition coefficient (Wildman–Crippen LogP) is 4.61. The molecule has 0 spiro atoms. The Bertz CT molecular complexity index is 1150. The van der Waals surface area contributed by atoms with Crippen LogP contribution in [0.5, 0.6) is 0 Å². The van der Waals surface area contributed by atoms with Crippen molar-refractivity contribution in [2.75, 3.05) is 23.3 Å². The largest absolute Gasteiger partial charge is 0.355 e. The van der Waals surface area contributed by atoms with Gasteiger partial charge in [-0.15, -0.1) is 21.5 Å². The number of pyridine rings is 1. The number of piperidine rings is 1. The number of rotatable bonds is 4. The molecule has 6 nitrogen and oxygen atoms in total. The van der Waals surface area contributed by atoms with Crippen molar-refractivity contribution in [1.82, 2.24) is 15.2 Å². The monoisotopic (exact) mass is 415 g/mol. The van der Waals surface area contributed by atoms with Gasteiger partial charge < -0.3 is 10.2 Å². The first-order valence-electron chi connectivity index (χ1n) is 10.0. The number of aromatic nitrogens is 3. The lowest BCUT2D eigenvalue weighted by molar-refractivity contribution is -0.120. The number of nitrogens with zero attached hydrogens (tertiary/aromatic N) is 4. The van der Waals surface area contributed by atoms with Gasteiger partial charge in [0.1, 0.15) is 5.69 Å². The van der Waals surface area contributed by atoms with Crippen LogP contribution in [0.2, 0.25) is 0 Å². The fourth-order valence-corrected chi connectivity index (χ4v) is 4.49. The molecule has 3 aromatic heterocycles. The zero-order valence-electron chi connectivity index (χ0n) is 16.4. The lowest BCUT2D eigenvalue weighted by atomic mass is 9.96. The molecule has 0 bridgehead atoms. The number of fused-ring (bicyclic) bond motifs is 1. The molecule has 1 aliphatic rings. The molecule has 1 amide bonds. The van der Waals surface area contributed by atoms with Crippen LogP contribution < -0.4 is 10.2 Å². The molecular weight excluding hydrogens is 394 g/mol. The Morgan fingerprint density at radius 1 is 1.03 bits per heavy atom. The summed E-state index contributed by atoms with van der Waals surface area (Å²) in [5, 5.41) is 14.9. The van der Waals surface area contributed by atoms with E-state index in [1.165, 1.54) is 0 Å². The zero-order chi connectivity index (χ0) is 20.3. The van der Waals surface area contributed by atoms with E-state index in [-0.39, 0.29) is 11.8 Å². The quantitative estimate of drug-likeness (QED) is 0.527. The number of para-hydroxylation sites is 1. The summed E-state index contributed by atoms with van der Waals surface area (Å²) < 4.78 is 0. The summed E-state index contributed by atoms with van der Waals surface area (Å²) in [4.78, 5) is 20.5. The Labute approximate surface area is 178 Å². The molecular formula is C23H21N5OS. The first-order valence-corrected chi connectivity index (χ1v) is 10.9. The van der Waals surface area contributed by atoms with E-state index in [9.17, 15) is 4.79 Å². The van der Waals surface area contributed by atoms with Crippen LogP contribution in [-0.2, 0) is 4.79 Å². The summed E-state index contributed by atoms with van der Waals surface area (Å²) in [6.07, 6.45) is 3.31. The molecule has 0 atom stereocenters. The Kier molecular flexibility index (Phi) is 5.11. The number of hydrogen-bond acceptors (Lipinski definition) is 6. The second-order valence-corrected chi connectivity index (χ2v) is 8.37. The number of carbonyl (C=O) groups excluding carboxylic acids is 1. The van der Waals surface area contributed by atoms with Gasteiger partial charge in [-0.2, -0.15) is 0 Å². The van der Waals surface area contributed by atoms with Crippen molar-refractivity contribution in [2.24, 2.45) is 5.92 Å². The number of nitrogens with one attached hydrogen (secondary N) is 1. The number of anilines is 2. The van der Waals surface area contributed by atoms with Crippen LogP contribution in [0.4, 0.5) is 11.5 Å². The Morgan fingerprint density at radius 2 is 1.90 bits per heavy atom. The minimum absolute atomic E-state index is 0.00827. The summed E-state index contributed by atoms with van der Waals surface area (Å²) in [6, 6.07) is 18.0. The third kappa shape index (κ3) is 3.89. The van der Waals surface area contributed by atoms with Crippen LogP contribution in [0.25, 0.3) is 21.5 Å².